The Balaban J connectivity index is 1.76. The molecule has 5 nitrogen and oxygen atoms in total. The normalized spacial score (nSPS) is 17.3. The van der Waals surface area contributed by atoms with E-state index in [0.717, 1.165) is 25.0 Å². The second-order valence-corrected chi connectivity index (χ2v) is 9.68. The predicted molar refractivity (Wildman–Crippen MR) is 112 cm³/mol. The SMILES string of the molecule is CC(Sc1nc2c(cc1C#N)CC(C(C)(C)C)CC2)C(=O)Nc1ccncc1. The van der Waals surface area contributed by atoms with Gasteiger partial charge in [-0.05, 0) is 61.3 Å². The van der Waals surface area contributed by atoms with Crippen LogP contribution in [0.2, 0.25) is 0 Å². The summed E-state index contributed by atoms with van der Waals surface area (Å²) < 4.78 is 0. The minimum absolute atomic E-state index is 0.118. The third kappa shape index (κ3) is 4.71. The molecule has 6 heteroatoms. The van der Waals surface area contributed by atoms with Gasteiger partial charge in [0.1, 0.15) is 11.1 Å². The number of rotatable bonds is 4. The van der Waals surface area contributed by atoms with Crippen LogP contribution in [-0.4, -0.2) is 21.1 Å². The third-order valence-electron chi connectivity index (χ3n) is 5.30. The second-order valence-electron chi connectivity index (χ2n) is 8.35. The van der Waals surface area contributed by atoms with Gasteiger partial charge < -0.3 is 5.32 Å². The Labute approximate surface area is 171 Å². The molecule has 0 spiro atoms. The lowest BCUT2D eigenvalue weighted by atomic mass is 9.71. The first-order valence-electron chi connectivity index (χ1n) is 9.58. The molecule has 0 radical (unpaired) electrons. The molecule has 1 aliphatic carbocycles. The maximum absolute atomic E-state index is 12.5. The Kier molecular flexibility index (Phi) is 6.04. The van der Waals surface area contributed by atoms with Crippen LogP contribution in [0.4, 0.5) is 5.69 Å². The largest absolute Gasteiger partial charge is 0.325 e. The summed E-state index contributed by atoms with van der Waals surface area (Å²) in [4.78, 5) is 21.2. The van der Waals surface area contributed by atoms with Gasteiger partial charge >= 0.3 is 0 Å². The van der Waals surface area contributed by atoms with Crippen molar-refractivity contribution in [2.24, 2.45) is 11.3 Å². The van der Waals surface area contributed by atoms with Gasteiger partial charge in [0.15, 0.2) is 0 Å². The average Bonchev–Trinajstić information content (AvgIpc) is 2.67. The molecule has 2 aromatic rings. The molecule has 2 atom stereocenters. The zero-order chi connectivity index (χ0) is 20.3. The number of aromatic nitrogens is 2. The first-order chi connectivity index (χ1) is 13.3. The zero-order valence-electron chi connectivity index (χ0n) is 16.8. The van der Waals surface area contributed by atoms with E-state index in [9.17, 15) is 10.1 Å². The first kappa shape index (κ1) is 20.3. The highest BCUT2D eigenvalue weighted by Crippen LogP contribution is 2.38. The number of pyridine rings is 2. The maximum atomic E-state index is 12.5. The number of nitrogens with zero attached hydrogens (tertiary/aromatic N) is 3. The van der Waals surface area contributed by atoms with Crippen LogP contribution < -0.4 is 5.32 Å². The summed E-state index contributed by atoms with van der Waals surface area (Å²) in [5.41, 5.74) is 3.77. The third-order valence-corrected chi connectivity index (χ3v) is 6.40. The van der Waals surface area contributed by atoms with Crippen LogP contribution in [0.1, 0.15) is 50.9 Å². The molecule has 146 valence electrons. The van der Waals surface area contributed by atoms with Crippen LogP contribution in [0.25, 0.3) is 0 Å². The number of aryl methyl sites for hydroxylation is 1. The Morgan fingerprint density at radius 1 is 1.36 bits per heavy atom. The molecule has 2 heterocycles. The van der Waals surface area contributed by atoms with Gasteiger partial charge in [0, 0.05) is 23.8 Å². The second kappa shape index (κ2) is 8.32. The van der Waals surface area contributed by atoms with E-state index >= 15 is 0 Å². The molecule has 1 aliphatic rings. The molecule has 0 aliphatic heterocycles. The molecule has 3 rings (SSSR count). The molecule has 0 aromatic carbocycles. The van der Waals surface area contributed by atoms with E-state index in [1.165, 1.54) is 17.3 Å². The van der Waals surface area contributed by atoms with E-state index in [0.29, 0.717) is 22.2 Å². The lowest BCUT2D eigenvalue weighted by Crippen LogP contribution is -2.27. The molecule has 1 N–H and O–H groups in total. The van der Waals surface area contributed by atoms with E-state index < -0.39 is 0 Å². The summed E-state index contributed by atoms with van der Waals surface area (Å²) in [6.07, 6.45) is 6.27. The molecular formula is C22H26N4OS. The van der Waals surface area contributed by atoms with Crippen molar-refractivity contribution in [2.75, 3.05) is 5.32 Å². The number of carbonyl (C=O) groups is 1. The molecule has 2 unspecified atom stereocenters. The lowest BCUT2D eigenvalue weighted by molar-refractivity contribution is -0.115. The standard InChI is InChI=1S/C22H26N4OS/c1-14(20(27)25-18-7-9-24-10-8-18)28-21-16(13-23)11-15-12-17(22(2,3)4)5-6-19(15)26-21/h7-11,14,17H,5-6,12H2,1-4H3,(H,24,25,27). The van der Waals surface area contributed by atoms with Gasteiger partial charge in [-0.2, -0.15) is 5.26 Å². The molecule has 0 bridgehead atoms. The summed E-state index contributed by atoms with van der Waals surface area (Å²) in [6, 6.07) is 7.75. The van der Waals surface area contributed by atoms with Crippen molar-refractivity contribution in [1.82, 2.24) is 9.97 Å². The van der Waals surface area contributed by atoms with Crippen LogP contribution in [0.5, 0.6) is 0 Å². The number of anilines is 1. The van der Waals surface area contributed by atoms with E-state index in [1.54, 1.807) is 24.5 Å². The molecule has 0 saturated heterocycles. The molecule has 0 saturated carbocycles. The van der Waals surface area contributed by atoms with E-state index in [-0.39, 0.29) is 16.6 Å². The van der Waals surface area contributed by atoms with Gasteiger partial charge in [-0.25, -0.2) is 4.98 Å². The molecule has 0 fully saturated rings. The number of hydrogen-bond donors (Lipinski definition) is 1. The quantitative estimate of drug-likeness (QED) is 0.766. The van der Waals surface area contributed by atoms with Crippen molar-refractivity contribution in [2.45, 2.75) is 57.2 Å². The molecule has 2 aromatic heterocycles. The fourth-order valence-electron chi connectivity index (χ4n) is 3.45. The smallest absolute Gasteiger partial charge is 0.237 e. The number of amides is 1. The van der Waals surface area contributed by atoms with Crippen molar-refractivity contribution in [1.29, 1.82) is 5.26 Å². The van der Waals surface area contributed by atoms with Crippen LogP contribution >= 0.6 is 11.8 Å². The molecular weight excluding hydrogens is 368 g/mol. The van der Waals surface area contributed by atoms with Crippen LogP contribution in [-0.2, 0) is 17.6 Å². The van der Waals surface area contributed by atoms with Gasteiger partial charge in [-0.1, -0.05) is 32.5 Å². The predicted octanol–water partition coefficient (Wildman–Crippen LogP) is 4.62. The summed E-state index contributed by atoms with van der Waals surface area (Å²) in [7, 11) is 0. The van der Waals surface area contributed by atoms with Crippen molar-refractivity contribution >= 4 is 23.4 Å². The van der Waals surface area contributed by atoms with Crippen LogP contribution in [0.3, 0.4) is 0 Å². The Hall–Kier alpha value is -2.39. The van der Waals surface area contributed by atoms with Crippen molar-refractivity contribution in [3.63, 3.8) is 0 Å². The minimum Gasteiger partial charge on any atom is -0.325 e. The average molecular weight is 395 g/mol. The van der Waals surface area contributed by atoms with Crippen molar-refractivity contribution in [3.05, 3.63) is 47.4 Å². The van der Waals surface area contributed by atoms with Gasteiger partial charge in [0.25, 0.3) is 0 Å². The number of carbonyl (C=O) groups excluding carboxylic acids is 1. The zero-order valence-corrected chi connectivity index (χ0v) is 17.6. The fraction of sp³-hybridized carbons (Fsp3) is 0.455. The van der Waals surface area contributed by atoms with Gasteiger partial charge in [0.05, 0.1) is 10.8 Å². The fourth-order valence-corrected chi connectivity index (χ4v) is 4.35. The molecule has 1 amide bonds. The van der Waals surface area contributed by atoms with E-state index in [4.69, 9.17) is 4.98 Å². The summed E-state index contributed by atoms with van der Waals surface area (Å²) in [5.74, 6) is 0.476. The Bertz CT molecular complexity index is 899. The number of nitrogens with one attached hydrogen (secondary N) is 1. The summed E-state index contributed by atoms with van der Waals surface area (Å²) in [5, 5.41) is 12.8. The number of thioether (sulfide) groups is 1. The minimum atomic E-state index is -0.364. The topological polar surface area (TPSA) is 78.7 Å². The monoisotopic (exact) mass is 394 g/mol. The van der Waals surface area contributed by atoms with E-state index in [2.05, 4.69) is 37.1 Å². The Morgan fingerprint density at radius 2 is 2.07 bits per heavy atom. The van der Waals surface area contributed by atoms with Crippen molar-refractivity contribution < 1.29 is 4.79 Å². The lowest BCUT2D eigenvalue weighted by Gasteiger charge is -2.34. The van der Waals surface area contributed by atoms with Crippen LogP contribution in [0, 0.1) is 22.7 Å². The van der Waals surface area contributed by atoms with Crippen LogP contribution in [0.15, 0.2) is 35.6 Å². The van der Waals surface area contributed by atoms with Gasteiger partial charge in [-0.15, -0.1) is 0 Å². The van der Waals surface area contributed by atoms with E-state index in [1.807, 2.05) is 13.0 Å². The van der Waals surface area contributed by atoms with Gasteiger partial charge in [-0.3, -0.25) is 9.78 Å². The number of hydrogen-bond acceptors (Lipinski definition) is 5. The maximum Gasteiger partial charge on any atom is 0.237 e. The number of fused-ring (bicyclic) bond motifs is 1. The summed E-state index contributed by atoms with van der Waals surface area (Å²) in [6.45, 7) is 8.65. The highest BCUT2D eigenvalue weighted by Gasteiger charge is 2.30. The van der Waals surface area contributed by atoms with Gasteiger partial charge in [0.2, 0.25) is 5.91 Å². The highest BCUT2D eigenvalue weighted by atomic mass is 32.2. The van der Waals surface area contributed by atoms with Crippen molar-refractivity contribution in [3.8, 4) is 6.07 Å². The number of nitriles is 1. The summed E-state index contributed by atoms with van der Waals surface area (Å²) >= 11 is 1.34. The highest BCUT2D eigenvalue weighted by molar-refractivity contribution is 8.00. The first-order valence-corrected chi connectivity index (χ1v) is 10.5. The Morgan fingerprint density at radius 3 is 2.71 bits per heavy atom. The molecule has 28 heavy (non-hydrogen) atoms.